The van der Waals surface area contributed by atoms with Gasteiger partial charge in [0, 0.05) is 11.1 Å². The molecule has 0 saturated carbocycles. The van der Waals surface area contributed by atoms with Gasteiger partial charge >= 0.3 is 5.97 Å². The van der Waals surface area contributed by atoms with Crippen LogP contribution in [0.3, 0.4) is 0 Å². The number of nitrogens with one attached hydrogen (secondary N) is 2. The third-order valence-electron chi connectivity index (χ3n) is 2.35. The van der Waals surface area contributed by atoms with Crippen molar-refractivity contribution >= 4 is 27.3 Å². The van der Waals surface area contributed by atoms with E-state index in [9.17, 15) is 13.2 Å². The Kier molecular flexibility index (Phi) is 3.98. The fourth-order valence-corrected chi connectivity index (χ4v) is 3.48. The van der Waals surface area contributed by atoms with Gasteiger partial charge in [-0.15, -0.1) is 11.3 Å². The molecular formula is C10H11N3O4S2. The third kappa shape index (κ3) is 3.40. The van der Waals surface area contributed by atoms with Crippen molar-refractivity contribution in [1.29, 1.82) is 0 Å². The fourth-order valence-electron chi connectivity index (χ4n) is 1.51. The second-order valence-electron chi connectivity index (χ2n) is 3.72. The molecule has 0 radical (unpaired) electrons. The number of aromatic amines is 1. The quantitative estimate of drug-likeness (QED) is 0.736. The van der Waals surface area contributed by atoms with Gasteiger partial charge in [-0.25, -0.2) is 13.1 Å². The molecule has 0 bridgehead atoms. The van der Waals surface area contributed by atoms with Crippen molar-refractivity contribution in [3.8, 4) is 0 Å². The predicted octanol–water partition coefficient (Wildman–Crippen LogP) is 0.965. The Morgan fingerprint density at radius 3 is 2.89 bits per heavy atom. The molecule has 0 aliphatic carbocycles. The predicted molar refractivity (Wildman–Crippen MR) is 68.2 cm³/mol. The van der Waals surface area contributed by atoms with Crippen molar-refractivity contribution in [1.82, 2.24) is 14.9 Å². The van der Waals surface area contributed by atoms with Crippen LogP contribution in [0.2, 0.25) is 0 Å². The van der Waals surface area contributed by atoms with Crippen LogP contribution in [0.15, 0.2) is 34.8 Å². The zero-order valence-corrected chi connectivity index (χ0v) is 11.2. The van der Waals surface area contributed by atoms with Gasteiger partial charge in [-0.2, -0.15) is 5.10 Å². The Morgan fingerprint density at radius 1 is 1.58 bits per heavy atom. The summed E-state index contributed by atoms with van der Waals surface area (Å²) in [5.41, 5.74) is 0. The van der Waals surface area contributed by atoms with Crippen LogP contribution in [0, 0.1) is 0 Å². The number of hydrogen-bond donors (Lipinski definition) is 3. The van der Waals surface area contributed by atoms with E-state index in [4.69, 9.17) is 5.11 Å². The van der Waals surface area contributed by atoms with E-state index < -0.39 is 22.0 Å². The number of nitrogens with zero attached hydrogens (tertiary/aromatic N) is 1. The van der Waals surface area contributed by atoms with Gasteiger partial charge in [-0.3, -0.25) is 9.89 Å². The molecule has 2 aromatic rings. The Hall–Kier alpha value is -1.71. The third-order valence-corrected chi connectivity index (χ3v) is 4.77. The van der Waals surface area contributed by atoms with Crippen molar-refractivity contribution in [2.45, 2.75) is 17.4 Å². The summed E-state index contributed by atoms with van der Waals surface area (Å²) in [6.07, 6.45) is 2.07. The first-order valence-electron chi connectivity index (χ1n) is 5.25. The molecule has 0 saturated heterocycles. The Balaban J connectivity index is 2.24. The summed E-state index contributed by atoms with van der Waals surface area (Å²) >= 11 is 1.30. The SMILES string of the molecule is O=C(O)CC(NS(=O)(=O)c1cn[nH]c1)c1cccs1. The molecule has 0 aromatic carbocycles. The average Bonchev–Trinajstić information content (AvgIpc) is 3.01. The second kappa shape index (κ2) is 5.51. The van der Waals surface area contributed by atoms with Crippen molar-refractivity contribution < 1.29 is 18.3 Å². The second-order valence-corrected chi connectivity index (χ2v) is 6.41. The molecule has 2 heterocycles. The maximum Gasteiger partial charge on any atom is 0.305 e. The van der Waals surface area contributed by atoms with Gasteiger partial charge in [0.05, 0.1) is 18.7 Å². The topological polar surface area (TPSA) is 112 Å². The van der Waals surface area contributed by atoms with Crippen LogP contribution in [0.5, 0.6) is 0 Å². The van der Waals surface area contributed by atoms with Crippen molar-refractivity contribution in [2.24, 2.45) is 0 Å². The molecule has 1 atom stereocenters. The molecule has 0 amide bonds. The lowest BCUT2D eigenvalue weighted by molar-refractivity contribution is -0.137. The lowest BCUT2D eigenvalue weighted by atomic mass is 10.2. The van der Waals surface area contributed by atoms with Crippen LogP contribution < -0.4 is 4.72 Å². The van der Waals surface area contributed by atoms with Gasteiger partial charge in [-0.05, 0) is 11.4 Å². The van der Waals surface area contributed by atoms with E-state index >= 15 is 0 Å². The molecule has 102 valence electrons. The van der Waals surface area contributed by atoms with Crippen LogP contribution in [0.1, 0.15) is 17.3 Å². The summed E-state index contributed by atoms with van der Waals surface area (Å²) in [6, 6.07) is 2.63. The molecule has 0 aliphatic rings. The minimum absolute atomic E-state index is 0.0283. The molecule has 1 unspecified atom stereocenters. The fraction of sp³-hybridized carbons (Fsp3) is 0.200. The van der Waals surface area contributed by atoms with E-state index in [1.807, 2.05) is 0 Å². The highest BCUT2D eigenvalue weighted by molar-refractivity contribution is 7.89. The minimum Gasteiger partial charge on any atom is -0.481 e. The zero-order chi connectivity index (χ0) is 13.9. The summed E-state index contributed by atoms with van der Waals surface area (Å²) < 4.78 is 26.4. The van der Waals surface area contributed by atoms with E-state index in [1.54, 1.807) is 17.5 Å². The molecule has 0 aliphatic heterocycles. The largest absolute Gasteiger partial charge is 0.481 e. The van der Waals surface area contributed by atoms with Gasteiger partial charge in [0.25, 0.3) is 0 Å². The first kappa shape index (κ1) is 13.7. The highest BCUT2D eigenvalue weighted by atomic mass is 32.2. The number of aromatic nitrogens is 2. The molecule has 2 aromatic heterocycles. The number of rotatable bonds is 6. The highest BCUT2D eigenvalue weighted by Crippen LogP contribution is 2.24. The molecule has 0 spiro atoms. The Morgan fingerprint density at radius 2 is 2.37 bits per heavy atom. The number of thiophene rings is 1. The Bertz CT molecular complexity index is 634. The number of carbonyl (C=O) groups is 1. The molecule has 19 heavy (non-hydrogen) atoms. The zero-order valence-electron chi connectivity index (χ0n) is 9.61. The van der Waals surface area contributed by atoms with Crippen molar-refractivity contribution in [3.05, 3.63) is 34.8 Å². The standard InChI is InChI=1S/C10H11N3O4S2/c14-10(15)4-8(9-2-1-3-18-9)13-19(16,17)7-5-11-12-6-7/h1-3,5-6,8,13H,4H2,(H,11,12)(H,14,15). The van der Waals surface area contributed by atoms with E-state index in [0.29, 0.717) is 4.88 Å². The molecule has 9 heteroatoms. The van der Waals surface area contributed by atoms with E-state index in [2.05, 4.69) is 14.9 Å². The average molecular weight is 301 g/mol. The lowest BCUT2D eigenvalue weighted by Gasteiger charge is -2.14. The summed E-state index contributed by atoms with van der Waals surface area (Å²) in [4.78, 5) is 11.4. The number of carboxylic acid groups (broad SMARTS) is 1. The number of aliphatic carboxylic acids is 1. The summed E-state index contributed by atoms with van der Waals surface area (Å²) in [5.74, 6) is -1.08. The van der Waals surface area contributed by atoms with Crippen LogP contribution in [-0.4, -0.2) is 29.7 Å². The van der Waals surface area contributed by atoms with Crippen molar-refractivity contribution in [3.63, 3.8) is 0 Å². The minimum atomic E-state index is -3.79. The van der Waals surface area contributed by atoms with Gasteiger partial charge < -0.3 is 5.11 Å². The maximum absolute atomic E-state index is 12.0. The van der Waals surface area contributed by atoms with Gasteiger partial charge in [0.2, 0.25) is 10.0 Å². The summed E-state index contributed by atoms with van der Waals surface area (Å²) in [6.45, 7) is 0. The maximum atomic E-state index is 12.0. The van der Waals surface area contributed by atoms with E-state index in [-0.39, 0.29) is 11.3 Å². The highest BCUT2D eigenvalue weighted by Gasteiger charge is 2.24. The summed E-state index contributed by atoms with van der Waals surface area (Å²) in [5, 5.41) is 16.6. The first-order chi connectivity index (χ1) is 8.99. The normalized spacial score (nSPS) is 13.3. The van der Waals surface area contributed by atoms with Gasteiger partial charge in [-0.1, -0.05) is 6.07 Å². The van der Waals surface area contributed by atoms with Crippen molar-refractivity contribution in [2.75, 3.05) is 0 Å². The monoisotopic (exact) mass is 301 g/mol. The number of sulfonamides is 1. The van der Waals surface area contributed by atoms with Gasteiger partial charge in [0.15, 0.2) is 0 Å². The number of carboxylic acids is 1. The van der Waals surface area contributed by atoms with Crippen LogP contribution in [0.25, 0.3) is 0 Å². The molecule has 3 N–H and O–H groups in total. The van der Waals surface area contributed by atoms with E-state index in [0.717, 1.165) is 6.20 Å². The number of hydrogen-bond acceptors (Lipinski definition) is 5. The number of H-pyrrole nitrogens is 1. The Labute approximate surface area is 113 Å². The van der Waals surface area contributed by atoms with Crippen LogP contribution in [0.4, 0.5) is 0 Å². The van der Waals surface area contributed by atoms with Gasteiger partial charge in [0.1, 0.15) is 4.90 Å². The van der Waals surface area contributed by atoms with Crippen LogP contribution in [-0.2, 0) is 14.8 Å². The smallest absolute Gasteiger partial charge is 0.305 e. The molecule has 0 fully saturated rings. The first-order valence-corrected chi connectivity index (χ1v) is 7.61. The lowest BCUT2D eigenvalue weighted by Crippen LogP contribution is -2.29. The van der Waals surface area contributed by atoms with E-state index in [1.165, 1.54) is 17.5 Å². The molecular weight excluding hydrogens is 290 g/mol. The van der Waals surface area contributed by atoms with Crippen LogP contribution >= 0.6 is 11.3 Å². The molecule has 2 rings (SSSR count). The summed E-state index contributed by atoms with van der Waals surface area (Å²) in [7, 11) is -3.79. The molecule has 7 nitrogen and oxygen atoms in total.